The van der Waals surface area contributed by atoms with E-state index in [2.05, 4.69) is 17.4 Å². The molecule has 0 atom stereocenters. The van der Waals surface area contributed by atoms with Crippen LogP contribution in [-0.2, 0) is 0 Å². The second-order valence-corrected chi connectivity index (χ2v) is 5.57. The van der Waals surface area contributed by atoms with E-state index in [0.717, 1.165) is 24.6 Å². The highest BCUT2D eigenvalue weighted by molar-refractivity contribution is 5.48. The number of methoxy groups -OCH3 is 1. The topological polar surface area (TPSA) is 30.5 Å². The van der Waals surface area contributed by atoms with Gasteiger partial charge in [0.05, 0.1) is 13.2 Å². The van der Waals surface area contributed by atoms with Crippen molar-refractivity contribution in [2.45, 2.75) is 44.1 Å². The van der Waals surface area contributed by atoms with Crippen molar-refractivity contribution in [2.24, 2.45) is 0 Å². The lowest BCUT2D eigenvalue weighted by atomic mass is 9.89. The maximum Gasteiger partial charge on any atom is 0.165 e. The molecule has 1 aromatic rings. The van der Waals surface area contributed by atoms with E-state index in [1.807, 2.05) is 6.07 Å². The molecule has 1 saturated carbocycles. The first-order chi connectivity index (χ1) is 9.38. The summed E-state index contributed by atoms with van der Waals surface area (Å²) in [7, 11) is 1.73. The quantitative estimate of drug-likeness (QED) is 0.903. The molecular formula is C16H23NO2. The van der Waals surface area contributed by atoms with E-state index in [0.29, 0.717) is 12.0 Å². The molecule has 104 valence electrons. The van der Waals surface area contributed by atoms with Gasteiger partial charge in [-0.3, -0.25) is 0 Å². The zero-order valence-corrected chi connectivity index (χ0v) is 11.7. The summed E-state index contributed by atoms with van der Waals surface area (Å²) in [6.07, 6.45) is 6.44. The van der Waals surface area contributed by atoms with Crippen LogP contribution in [0.15, 0.2) is 18.2 Å². The van der Waals surface area contributed by atoms with Crippen LogP contribution >= 0.6 is 0 Å². The van der Waals surface area contributed by atoms with Gasteiger partial charge >= 0.3 is 0 Å². The van der Waals surface area contributed by atoms with E-state index in [4.69, 9.17) is 9.47 Å². The van der Waals surface area contributed by atoms with Crippen LogP contribution in [-0.4, -0.2) is 26.3 Å². The van der Waals surface area contributed by atoms with Gasteiger partial charge in [-0.15, -0.1) is 0 Å². The van der Waals surface area contributed by atoms with Crippen LogP contribution < -0.4 is 14.8 Å². The Hall–Kier alpha value is -1.22. The van der Waals surface area contributed by atoms with Gasteiger partial charge < -0.3 is 14.8 Å². The molecule has 1 aromatic carbocycles. The predicted octanol–water partition coefficient (Wildman–Crippen LogP) is 3.09. The standard InChI is InChI=1S/C16H23NO2/c1-18-15-7-3-6-14(12-8-10-17-11-9-12)16(15)19-13-4-2-5-13/h3,6-7,12-13,17H,2,4-5,8-11H2,1H3. The van der Waals surface area contributed by atoms with Crippen molar-refractivity contribution in [3.63, 3.8) is 0 Å². The van der Waals surface area contributed by atoms with Crippen molar-refractivity contribution >= 4 is 0 Å². The van der Waals surface area contributed by atoms with E-state index in [1.54, 1.807) is 7.11 Å². The van der Waals surface area contributed by atoms with Gasteiger partial charge in [-0.05, 0) is 57.2 Å². The van der Waals surface area contributed by atoms with Crippen molar-refractivity contribution < 1.29 is 9.47 Å². The van der Waals surface area contributed by atoms with Crippen LogP contribution in [0.2, 0.25) is 0 Å². The molecule has 1 aliphatic heterocycles. The second-order valence-electron chi connectivity index (χ2n) is 5.57. The smallest absolute Gasteiger partial charge is 0.165 e. The molecule has 1 N–H and O–H groups in total. The van der Waals surface area contributed by atoms with Gasteiger partial charge in [0.15, 0.2) is 11.5 Å². The van der Waals surface area contributed by atoms with Crippen molar-refractivity contribution in [1.29, 1.82) is 0 Å². The van der Waals surface area contributed by atoms with Crippen LogP contribution in [0.4, 0.5) is 0 Å². The Balaban J connectivity index is 1.87. The summed E-state index contributed by atoms with van der Waals surface area (Å²) in [4.78, 5) is 0. The highest BCUT2D eigenvalue weighted by Gasteiger charge is 2.26. The summed E-state index contributed by atoms with van der Waals surface area (Å²) < 4.78 is 11.7. The normalized spacial score (nSPS) is 20.9. The number of rotatable bonds is 4. The SMILES string of the molecule is COc1cccc(C2CCNCC2)c1OC1CCC1. The maximum absolute atomic E-state index is 6.21. The monoisotopic (exact) mass is 261 g/mol. The van der Waals surface area contributed by atoms with E-state index in [-0.39, 0.29) is 0 Å². The van der Waals surface area contributed by atoms with Crippen LogP contribution in [0.1, 0.15) is 43.6 Å². The highest BCUT2D eigenvalue weighted by Crippen LogP contribution is 2.41. The number of para-hydroxylation sites is 1. The summed E-state index contributed by atoms with van der Waals surface area (Å²) in [5, 5.41) is 3.42. The van der Waals surface area contributed by atoms with Crippen molar-refractivity contribution in [2.75, 3.05) is 20.2 Å². The van der Waals surface area contributed by atoms with Crippen molar-refractivity contribution in [3.05, 3.63) is 23.8 Å². The van der Waals surface area contributed by atoms with E-state index >= 15 is 0 Å². The minimum atomic E-state index is 0.400. The Morgan fingerprint density at radius 2 is 1.89 bits per heavy atom. The fraction of sp³-hybridized carbons (Fsp3) is 0.625. The zero-order chi connectivity index (χ0) is 13.1. The van der Waals surface area contributed by atoms with Crippen LogP contribution in [0.3, 0.4) is 0 Å². The number of nitrogens with one attached hydrogen (secondary N) is 1. The fourth-order valence-electron chi connectivity index (χ4n) is 2.93. The lowest BCUT2D eigenvalue weighted by Gasteiger charge is -2.31. The lowest BCUT2D eigenvalue weighted by Crippen LogP contribution is -2.28. The van der Waals surface area contributed by atoms with Gasteiger partial charge in [0, 0.05) is 5.56 Å². The number of benzene rings is 1. The van der Waals surface area contributed by atoms with Crippen molar-refractivity contribution in [3.8, 4) is 11.5 Å². The van der Waals surface area contributed by atoms with Gasteiger partial charge in [-0.25, -0.2) is 0 Å². The Morgan fingerprint density at radius 1 is 1.11 bits per heavy atom. The van der Waals surface area contributed by atoms with Crippen LogP contribution in [0, 0.1) is 0 Å². The van der Waals surface area contributed by atoms with Gasteiger partial charge in [-0.1, -0.05) is 12.1 Å². The molecule has 0 unspecified atom stereocenters. The van der Waals surface area contributed by atoms with E-state index in [1.165, 1.54) is 37.7 Å². The number of ether oxygens (including phenoxy) is 2. The largest absolute Gasteiger partial charge is 0.493 e. The molecule has 0 radical (unpaired) electrons. The average Bonchev–Trinajstić information content (AvgIpc) is 2.43. The first-order valence-corrected chi connectivity index (χ1v) is 7.42. The third-order valence-electron chi connectivity index (χ3n) is 4.34. The molecule has 2 fully saturated rings. The molecule has 0 amide bonds. The number of piperidine rings is 1. The van der Waals surface area contributed by atoms with Gasteiger partial charge in [0.2, 0.25) is 0 Å². The average molecular weight is 261 g/mol. The summed E-state index contributed by atoms with van der Waals surface area (Å²) in [6, 6.07) is 6.31. The Morgan fingerprint density at radius 3 is 2.53 bits per heavy atom. The highest BCUT2D eigenvalue weighted by atomic mass is 16.5. The Labute approximate surface area is 115 Å². The molecule has 1 heterocycles. The van der Waals surface area contributed by atoms with Gasteiger partial charge in [0.25, 0.3) is 0 Å². The van der Waals surface area contributed by atoms with Crippen LogP contribution in [0.5, 0.6) is 11.5 Å². The minimum absolute atomic E-state index is 0.400. The molecular weight excluding hydrogens is 238 g/mol. The van der Waals surface area contributed by atoms with Gasteiger partial charge in [0.1, 0.15) is 0 Å². The molecule has 3 nitrogen and oxygen atoms in total. The first kappa shape index (κ1) is 12.8. The molecule has 1 saturated heterocycles. The molecule has 0 aromatic heterocycles. The molecule has 0 bridgehead atoms. The predicted molar refractivity (Wildman–Crippen MR) is 76.1 cm³/mol. The van der Waals surface area contributed by atoms with Crippen LogP contribution in [0.25, 0.3) is 0 Å². The Kier molecular flexibility index (Phi) is 3.92. The number of hydrogen-bond donors (Lipinski definition) is 1. The van der Waals surface area contributed by atoms with Crippen molar-refractivity contribution in [1.82, 2.24) is 5.32 Å². The van der Waals surface area contributed by atoms with E-state index < -0.39 is 0 Å². The summed E-state index contributed by atoms with van der Waals surface area (Å²) >= 11 is 0. The zero-order valence-electron chi connectivity index (χ0n) is 11.7. The summed E-state index contributed by atoms with van der Waals surface area (Å²) in [6.45, 7) is 2.20. The molecule has 19 heavy (non-hydrogen) atoms. The fourth-order valence-corrected chi connectivity index (χ4v) is 2.93. The first-order valence-electron chi connectivity index (χ1n) is 7.42. The molecule has 1 aliphatic carbocycles. The minimum Gasteiger partial charge on any atom is -0.493 e. The number of hydrogen-bond acceptors (Lipinski definition) is 3. The summed E-state index contributed by atoms with van der Waals surface area (Å²) in [5.41, 5.74) is 1.34. The molecule has 3 rings (SSSR count). The molecule has 0 spiro atoms. The summed E-state index contributed by atoms with van der Waals surface area (Å²) in [5.74, 6) is 2.50. The molecule has 3 heteroatoms. The van der Waals surface area contributed by atoms with E-state index in [9.17, 15) is 0 Å². The second kappa shape index (κ2) is 5.83. The maximum atomic E-state index is 6.21. The van der Waals surface area contributed by atoms with Gasteiger partial charge in [-0.2, -0.15) is 0 Å². The Bertz CT molecular complexity index is 423. The third-order valence-corrected chi connectivity index (χ3v) is 4.34. The molecule has 2 aliphatic rings. The lowest BCUT2D eigenvalue weighted by molar-refractivity contribution is 0.114. The third kappa shape index (κ3) is 2.71.